The summed E-state index contributed by atoms with van der Waals surface area (Å²) < 4.78 is 0. The summed E-state index contributed by atoms with van der Waals surface area (Å²) in [4.78, 5) is 34.9. The van der Waals surface area contributed by atoms with E-state index < -0.39 is 0 Å². The SMILES string of the molecule is CN=C(NCCNC(=O)C(C)(C)C)N1CCN(CC(=O)N2CCCC2)CC1. The zero-order valence-corrected chi connectivity index (χ0v) is 17.4. The van der Waals surface area contributed by atoms with Crippen LogP contribution in [0.4, 0.5) is 0 Å². The number of amides is 2. The summed E-state index contributed by atoms with van der Waals surface area (Å²) in [7, 11) is 1.78. The van der Waals surface area contributed by atoms with Crippen LogP contribution < -0.4 is 10.6 Å². The molecule has 0 aliphatic carbocycles. The molecule has 8 heteroatoms. The molecule has 0 spiro atoms. The summed E-state index contributed by atoms with van der Waals surface area (Å²) in [5, 5.41) is 6.25. The molecule has 0 unspecified atom stereocenters. The Morgan fingerprint density at radius 1 is 0.889 bits per heavy atom. The van der Waals surface area contributed by atoms with Gasteiger partial charge in [0.25, 0.3) is 0 Å². The van der Waals surface area contributed by atoms with Crippen LogP contribution in [0.5, 0.6) is 0 Å². The lowest BCUT2D eigenvalue weighted by atomic mass is 9.96. The Morgan fingerprint density at radius 2 is 1.48 bits per heavy atom. The standard InChI is InChI=1S/C19H36N6O2/c1-19(2,3)17(27)21-7-8-22-18(20-4)25-13-11-23(12-14-25)15-16(26)24-9-5-6-10-24/h5-15H2,1-4H3,(H,20,22)(H,21,27). The van der Waals surface area contributed by atoms with E-state index >= 15 is 0 Å². The number of nitrogens with zero attached hydrogens (tertiary/aromatic N) is 4. The Labute approximate surface area is 163 Å². The molecule has 0 radical (unpaired) electrons. The molecule has 2 rings (SSSR count). The molecule has 0 aromatic rings. The molecule has 0 aromatic heterocycles. The van der Waals surface area contributed by atoms with Crippen molar-refractivity contribution in [3.63, 3.8) is 0 Å². The number of rotatable bonds is 5. The summed E-state index contributed by atoms with van der Waals surface area (Å²) in [6.07, 6.45) is 2.27. The highest BCUT2D eigenvalue weighted by atomic mass is 16.2. The number of likely N-dealkylation sites (tertiary alicyclic amines) is 1. The molecule has 2 amide bonds. The van der Waals surface area contributed by atoms with Crippen LogP contribution in [0, 0.1) is 5.41 Å². The largest absolute Gasteiger partial charge is 0.354 e. The predicted octanol–water partition coefficient (Wildman–Crippen LogP) is -0.0359. The minimum atomic E-state index is -0.371. The molecule has 27 heavy (non-hydrogen) atoms. The van der Waals surface area contributed by atoms with Crippen molar-refractivity contribution in [1.82, 2.24) is 25.3 Å². The zero-order chi connectivity index (χ0) is 19.9. The van der Waals surface area contributed by atoms with Crippen LogP contribution in [-0.4, -0.2) is 98.4 Å². The average molecular weight is 381 g/mol. The number of aliphatic imine (C=N–C) groups is 1. The third-order valence-electron chi connectivity index (χ3n) is 5.08. The Balaban J connectivity index is 1.67. The normalized spacial score (nSPS) is 19.3. The maximum Gasteiger partial charge on any atom is 0.236 e. The second-order valence-electron chi connectivity index (χ2n) is 8.33. The minimum Gasteiger partial charge on any atom is -0.354 e. The topological polar surface area (TPSA) is 80.3 Å². The van der Waals surface area contributed by atoms with E-state index in [0.29, 0.717) is 19.6 Å². The van der Waals surface area contributed by atoms with Crippen LogP contribution >= 0.6 is 0 Å². The van der Waals surface area contributed by atoms with Crippen LogP contribution in [0.25, 0.3) is 0 Å². The third-order valence-corrected chi connectivity index (χ3v) is 5.08. The molecule has 0 saturated carbocycles. The molecule has 2 aliphatic heterocycles. The van der Waals surface area contributed by atoms with Crippen molar-refractivity contribution in [3.05, 3.63) is 0 Å². The van der Waals surface area contributed by atoms with E-state index in [-0.39, 0.29) is 17.2 Å². The first-order chi connectivity index (χ1) is 12.8. The van der Waals surface area contributed by atoms with Crippen LogP contribution in [0.2, 0.25) is 0 Å². The number of carbonyl (C=O) groups is 2. The maximum atomic E-state index is 12.3. The first kappa shape index (κ1) is 21.5. The van der Waals surface area contributed by atoms with Crippen molar-refractivity contribution >= 4 is 17.8 Å². The van der Waals surface area contributed by atoms with Gasteiger partial charge in [0.05, 0.1) is 6.54 Å². The zero-order valence-electron chi connectivity index (χ0n) is 17.4. The van der Waals surface area contributed by atoms with Crippen molar-refractivity contribution in [2.45, 2.75) is 33.6 Å². The van der Waals surface area contributed by atoms with Crippen LogP contribution in [0.15, 0.2) is 4.99 Å². The second-order valence-corrected chi connectivity index (χ2v) is 8.33. The van der Waals surface area contributed by atoms with Gasteiger partial charge in [0.1, 0.15) is 0 Å². The van der Waals surface area contributed by atoms with Gasteiger partial charge in [-0.25, -0.2) is 0 Å². The number of nitrogens with one attached hydrogen (secondary N) is 2. The Hall–Kier alpha value is -1.83. The van der Waals surface area contributed by atoms with Crippen LogP contribution in [0.1, 0.15) is 33.6 Å². The second kappa shape index (κ2) is 9.92. The summed E-state index contributed by atoms with van der Waals surface area (Å²) in [6, 6.07) is 0. The Morgan fingerprint density at radius 3 is 2.04 bits per heavy atom. The first-order valence-electron chi connectivity index (χ1n) is 10.1. The van der Waals surface area contributed by atoms with Crippen molar-refractivity contribution in [2.75, 3.05) is 66.0 Å². The molecular formula is C19H36N6O2. The maximum absolute atomic E-state index is 12.3. The van der Waals surface area contributed by atoms with E-state index in [4.69, 9.17) is 0 Å². The van der Waals surface area contributed by atoms with Crippen molar-refractivity contribution in [1.29, 1.82) is 0 Å². The van der Waals surface area contributed by atoms with Gasteiger partial charge in [0, 0.05) is 64.8 Å². The van der Waals surface area contributed by atoms with Gasteiger partial charge in [-0.15, -0.1) is 0 Å². The highest BCUT2D eigenvalue weighted by Crippen LogP contribution is 2.12. The molecule has 2 heterocycles. The molecule has 0 atom stereocenters. The molecular weight excluding hydrogens is 344 g/mol. The van der Waals surface area contributed by atoms with Gasteiger partial charge in [0.15, 0.2) is 5.96 Å². The van der Waals surface area contributed by atoms with Crippen LogP contribution in [-0.2, 0) is 9.59 Å². The number of piperazine rings is 1. The molecule has 0 bridgehead atoms. The van der Waals surface area contributed by atoms with Crippen LogP contribution in [0.3, 0.4) is 0 Å². The summed E-state index contributed by atoms with van der Waals surface area (Å²) >= 11 is 0. The van der Waals surface area contributed by atoms with E-state index in [9.17, 15) is 9.59 Å². The van der Waals surface area contributed by atoms with E-state index in [1.807, 2.05) is 25.7 Å². The first-order valence-corrected chi connectivity index (χ1v) is 10.1. The summed E-state index contributed by atoms with van der Waals surface area (Å²) in [6.45, 7) is 12.7. The fraction of sp³-hybridized carbons (Fsp3) is 0.842. The summed E-state index contributed by atoms with van der Waals surface area (Å²) in [5.74, 6) is 1.17. The highest BCUT2D eigenvalue weighted by molar-refractivity contribution is 5.82. The number of hydrogen-bond donors (Lipinski definition) is 2. The van der Waals surface area contributed by atoms with E-state index in [2.05, 4.69) is 25.4 Å². The predicted molar refractivity (Wildman–Crippen MR) is 108 cm³/mol. The molecule has 2 fully saturated rings. The van der Waals surface area contributed by atoms with Crippen molar-refractivity contribution in [2.24, 2.45) is 10.4 Å². The Bertz CT molecular complexity index is 529. The van der Waals surface area contributed by atoms with Gasteiger partial charge >= 0.3 is 0 Å². The van der Waals surface area contributed by atoms with Crippen molar-refractivity contribution in [3.8, 4) is 0 Å². The number of guanidine groups is 1. The lowest BCUT2D eigenvalue weighted by Gasteiger charge is -2.36. The molecule has 2 saturated heterocycles. The van der Waals surface area contributed by atoms with Gasteiger partial charge in [0.2, 0.25) is 11.8 Å². The quantitative estimate of drug-likeness (QED) is 0.398. The average Bonchev–Trinajstić information content (AvgIpc) is 3.16. The molecule has 2 aliphatic rings. The van der Waals surface area contributed by atoms with Crippen molar-refractivity contribution < 1.29 is 9.59 Å². The molecule has 2 N–H and O–H groups in total. The lowest BCUT2D eigenvalue weighted by Crippen LogP contribution is -2.54. The summed E-state index contributed by atoms with van der Waals surface area (Å²) in [5.41, 5.74) is -0.371. The monoisotopic (exact) mass is 380 g/mol. The molecule has 154 valence electrons. The molecule has 8 nitrogen and oxygen atoms in total. The number of hydrogen-bond acceptors (Lipinski definition) is 4. The minimum absolute atomic E-state index is 0.0515. The fourth-order valence-corrected chi connectivity index (χ4v) is 3.32. The fourth-order valence-electron chi connectivity index (χ4n) is 3.32. The Kier molecular flexibility index (Phi) is 7.89. The number of carbonyl (C=O) groups excluding carboxylic acids is 2. The van der Waals surface area contributed by atoms with Gasteiger partial charge in [-0.05, 0) is 12.8 Å². The van der Waals surface area contributed by atoms with Gasteiger partial charge in [-0.1, -0.05) is 20.8 Å². The van der Waals surface area contributed by atoms with Gasteiger partial charge < -0.3 is 20.4 Å². The van der Waals surface area contributed by atoms with Gasteiger partial charge in [-0.2, -0.15) is 0 Å². The highest BCUT2D eigenvalue weighted by Gasteiger charge is 2.24. The van der Waals surface area contributed by atoms with Gasteiger partial charge in [-0.3, -0.25) is 19.5 Å². The smallest absolute Gasteiger partial charge is 0.236 e. The van der Waals surface area contributed by atoms with E-state index in [1.165, 1.54) is 0 Å². The van der Waals surface area contributed by atoms with E-state index in [0.717, 1.165) is 58.1 Å². The third kappa shape index (κ3) is 6.68. The van der Waals surface area contributed by atoms with E-state index in [1.54, 1.807) is 7.05 Å². The lowest BCUT2D eigenvalue weighted by molar-refractivity contribution is -0.131. The molecule has 0 aromatic carbocycles.